The Balaban J connectivity index is 2.03. The van der Waals surface area contributed by atoms with E-state index in [0.717, 1.165) is 17.7 Å². The number of hydrogen-bond acceptors (Lipinski definition) is 3. The number of rotatable bonds is 7. The zero-order valence-corrected chi connectivity index (χ0v) is 10.4. The van der Waals surface area contributed by atoms with Crippen LogP contribution in [0.1, 0.15) is 25.7 Å². The molecular formula is C11H19N3O4. The van der Waals surface area contributed by atoms with E-state index in [1.54, 1.807) is 0 Å². The van der Waals surface area contributed by atoms with Gasteiger partial charge in [-0.2, -0.15) is 0 Å². The van der Waals surface area contributed by atoms with Gasteiger partial charge in [0.05, 0.1) is 0 Å². The molecule has 1 aliphatic carbocycles. The lowest BCUT2D eigenvalue weighted by Gasteiger charge is -2.15. The molecule has 0 spiro atoms. The van der Waals surface area contributed by atoms with Gasteiger partial charge in [-0.05, 0) is 19.3 Å². The molecule has 0 aromatic rings. The van der Waals surface area contributed by atoms with Crippen molar-refractivity contribution in [1.82, 2.24) is 15.5 Å². The van der Waals surface area contributed by atoms with E-state index < -0.39 is 12.0 Å². The number of carbonyl (C=O) groups is 3. The van der Waals surface area contributed by atoms with Crippen molar-refractivity contribution in [3.8, 4) is 0 Å². The maximum atomic E-state index is 11.4. The summed E-state index contributed by atoms with van der Waals surface area (Å²) in [5, 5.41) is 13.9. The van der Waals surface area contributed by atoms with Gasteiger partial charge >= 0.3 is 12.0 Å². The third kappa shape index (κ3) is 6.07. The van der Waals surface area contributed by atoms with Crippen molar-refractivity contribution < 1.29 is 19.5 Å². The fourth-order valence-corrected chi connectivity index (χ4v) is 1.38. The molecule has 7 nitrogen and oxygen atoms in total. The highest BCUT2D eigenvalue weighted by Crippen LogP contribution is 2.18. The Morgan fingerprint density at radius 3 is 2.56 bits per heavy atom. The van der Waals surface area contributed by atoms with Crippen LogP contribution in [0.2, 0.25) is 0 Å². The minimum atomic E-state index is -1.06. The van der Waals surface area contributed by atoms with E-state index in [9.17, 15) is 14.4 Å². The summed E-state index contributed by atoms with van der Waals surface area (Å²) in [7, 11) is 1.41. The molecule has 0 aliphatic heterocycles. The molecule has 1 saturated carbocycles. The number of carboxylic acids is 1. The maximum absolute atomic E-state index is 11.4. The van der Waals surface area contributed by atoms with E-state index in [0.29, 0.717) is 25.4 Å². The summed E-state index contributed by atoms with van der Waals surface area (Å²) in [6.07, 6.45) is 3.04. The second-order valence-electron chi connectivity index (χ2n) is 4.43. The first-order valence-corrected chi connectivity index (χ1v) is 5.99. The second-order valence-corrected chi connectivity index (χ2v) is 4.43. The lowest BCUT2D eigenvalue weighted by molar-refractivity contribution is -0.137. The van der Waals surface area contributed by atoms with Crippen LogP contribution in [0, 0.1) is 0 Å². The second kappa shape index (κ2) is 6.83. The van der Waals surface area contributed by atoms with Crippen molar-refractivity contribution in [2.45, 2.75) is 31.7 Å². The van der Waals surface area contributed by atoms with Crippen LogP contribution < -0.4 is 10.6 Å². The van der Waals surface area contributed by atoms with Gasteiger partial charge < -0.3 is 20.6 Å². The van der Waals surface area contributed by atoms with Crippen LogP contribution in [0.3, 0.4) is 0 Å². The van der Waals surface area contributed by atoms with Crippen molar-refractivity contribution in [3.63, 3.8) is 0 Å². The van der Waals surface area contributed by atoms with Gasteiger partial charge in [0.2, 0.25) is 5.91 Å². The smallest absolute Gasteiger partial charge is 0.323 e. The zero-order chi connectivity index (χ0) is 13.5. The summed E-state index contributed by atoms with van der Waals surface area (Å²) >= 11 is 0. The third-order valence-corrected chi connectivity index (χ3v) is 2.52. The maximum Gasteiger partial charge on any atom is 0.323 e. The molecule has 0 bridgehead atoms. The lowest BCUT2D eigenvalue weighted by atomic mass is 10.3. The SMILES string of the molecule is CN(CC(=O)O)C(=O)NCCCC(=O)NC1CC1. The van der Waals surface area contributed by atoms with E-state index in [1.807, 2.05) is 0 Å². The number of likely N-dealkylation sites (N-methyl/N-ethyl adjacent to an activating group) is 1. The molecule has 18 heavy (non-hydrogen) atoms. The minimum Gasteiger partial charge on any atom is -0.480 e. The monoisotopic (exact) mass is 257 g/mol. The number of nitrogens with zero attached hydrogens (tertiary/aromatic N) is 1. The Morgan fingerprint density at radius 2 is 2.00 bits per heavy atom. The van der Waals surface area contributed by atoms with Gasteiger partial charge in [0.15, 0.2) is 0 Å². The molecule has 0 radical (unpaired) electrons. The summed E-state index contributed by atoms with van der Waals surface area (Å²) in [5.41, 5.74) is 0. The van der Waals surface area contributed by atoms with Gasteiger partial charge in [-0.3, -0.25) is 9.59 Å². The molecule has 1 aliphatic rings. The fourth-order valence-electron chi connectivity index (χ4n) is 1.38. The van der Waals surface area contributed by atoms with E-state index in [-0.39, 0.29) is 12.5 Å². The van der Waals surface area contributed by atoms with E-state index in [4.69, 9.17) is 5.11 Å². The first-order valence-electron chi connectivity index (χ1n) is 5.99. The number of urea groups is 1. The van der Waals surface area contributed by atoms with Crippen LogP contribution in [-0.4, -0.2) is 54.1 Å². The van der Waals surface area contributed by atoms with Gasteiger partial charge in [-0.25, -0.2) is 4.79 Å². The largest absolute Gasteiger partial charge is 0.480 e. The van der Waals surface area contributed by atoms with Crippen molar-refractivity contribution in [1.29, 1.82) is 0 Å². The van der Waals surface area contributed by atoms with Crippen molar-refractivity contribution in [2.75, 3.05) is 20.1 Å². The predicted molar refractivity (Wildman–Crippen MR) is 64.1 cm³/mol. The molecule has 7 heteroatoms. The molecule has 3 N–H and O–H groups in total. The average molecular weight is 257 g/mol. The highest BCUT2D eigenvalue weighted by Gasteiger charge is 2.22. The number of amides is 3. The van der Waals surface area contributed by atoms with E-state index in [1.165, 1.54) is 7.05 Å². The quantitative estimate of drug-likeness (QED) is 0.549. The molecule has 1 fully saturated rings. The van der Waals surface area contributed by atoms with Crippen molar-refractivity contribution in [2.24, 2.45) is 0 Å². The summed E-state index contributed by atoms with van der Waals surface area (Å²) in [6.45, 7) is 0.0227. The lowest BCUT2D eigenvalue weighted by Crippen LogP contribution is -2.40. The molecule has 0 heterocycles. The topological polar surface area (TPSA) is 98.7 Å². The van der Waals surface area contributed by atoms with Gasteiger partial charge in [0.25, 0.3) is 0 Å². The Hall–Kier alpha value is -1.79. The predicted octanol–water partition coefficient (Wildman–Crippen LogP) is -0.229. The average Bonchev–Trinajstić information content (AvgIpc) is 3.06. The Bertz CT molecular complexity index is 328. The Kier molecular flexibility index (Phi) is 5.41. The number of hydrogen-bond donors (Lipinski definition) is 3. The van der Waals surface area contributed by atoms with Gasteiger partial charge in [-0.1, -0.05) is 0 Å². The normalized spacial score (nSPS) is 13.8. The number of nitrogens with one attached hydrogen (secondary N) is 2. The number of carbonyl (C=O) groups excluding carboxylic acids is 2. The first kappa shape index (κ1) is 14.3. The van der Waals surface area contributed by atoms with Crippen molar-refractivity contribution >= 4 is 17.9 Å². The fraction of sp³-hybridized carbons (Fsp3) is 0.727. The van der Waals surface area contributed by atoms with Gasteiger partial charge in [0, 0.05) is 26.1 Å². The van der Waals surface area contributed by atoms with E-state index >= 15 is 0 Å². The molecule has 0 aromatic carbocycles. The molecule has 0 aromatic heterocycles. The minimum absolute atomic E-state index is 0.00522. The van der Waals surface area contributed by atoms with Gasteiger partial charge in [0.1, 0.15) is 6.54 Å². The molecule has 102 valence electrons. The molecule has 0 saturated heterocycles. The summed E-state index contributed by atoms with van der Waals surface area (Å²) < 4.78 is 0. The zero-order valence-electron chi connectivity index (χ0n) is 10.4. The first-order chi connectivity index (χ1) is 8.49. The number of aliphatic carboxylic acids is 1. The Labute approximate surface area is 106 Å². The molecular weight excluding hydrogens is 238 g/mol. The molecule has 3 amide bonds. The van der Waals surface area contributed by atoms with Crippen LogP contribution in [-0.2, 0) is 9.59 Å². The summed E-state index contributed by atoms with van der Waals surface area (Å²) in [5.74, 6) is -1.05. The van der Waals surface area contributed by atoms with Crippen LogP contribution in [0.25, 0.3) is 0 Å². The van der Waals surface area contributed by atoms with Crippen molar-refractivity contribution in [3.05, 3.63) is 0 Å². The highest BCUT2D eigenvalue weighted by molar-refractivity contribution is 5.80. The van der Waals surface area contributed by atoms with Crippen LogP contribution in [0.15, 0.2) is 0 Å². The van der Waals surface area contributed by atoms with Gasteiger partial charge in [-0.15, -0.1) is 0 Å². The van der Waals surface area contributed by atoms with E-state index in [2.05, 4.69) is 10.6 Å². The highest BCUT2D eigenvalue weighted by atomic mass is 16.4. The van der Waals surface area contributed by atoms with Crippen LogP contribution >= 0.6 is 0 Å². The number of carboxylic acid groups (broad SMARTS) is 1. The summed E-state index contributed by atoms with van der Waals surface area (Å²) in [6, 6.07) is -0.0891. The molecule has 0 atom stereocenters. The van der Waals surface area contributed by atoms with Crippen LogP contribution in [0.4, 0.5) is 4.79 Å². The molecule has 0 unspecified atom stereocenters. The molecule has 1 rings (SSSR count). The Morgan fingerprint density at radius 1 is 1.33 bits per heavy atom. The standard InChI is InChI=1S/C11H19N3O4/c1-14(7-10(16)17)11(18)12-6-2-3-9(15)13-8-4-5-8/h8H,2-7H2,1H3,(H,12,18)(H,13,15)(H,16,17). The van der Waals surface area contributed by atoms with Crippen LogP contribution in [0.5, 0.6) is 0 Å². The summed E-state index contributed by atoms with van der Waals surface area (Å²) in [4.78, 5) is 34.1. The third-order valence-electron chi connectivity index (χ3n) is 2.52.